The minimum atomic E-state index is -0.521. The van der Waals surface area contributed by atoms with Crippen molar-refractivity contribution >= 4 is 23.4 Å². The number of nitrogens with one attached hydrogen (secondary N) is 1. The van der Waals surface area contributed by atoms with Gasteiger partial charge in [0, 0.05) is 17.6 Å². The summed E-state index contributed by atoms with van der Waals surface area (Å²) in [5, 5.41) is 3.83. The van der Waals surface area contributed by atoms with Crippen molar-refractivity contribution in [1.29, 1.82) is 0 Å². The number of halogens is 1. The van der Waals surface area contributed by atoms with Crippen LogP contribution in [0.4, 0.5) is 0 Å². The molecule has 0 unspecified atom stereocenters. The van der Waals surface area contributed by atoms with Crippen LogP contribution in [0.1, 0.15) is 67.7 Å². The molecule has 172 valence electrons. The highest BCUT2D eigenvalue weighted by atomic mass is 35.5. The highest BCUT2D eigenvalue weighted by Gasteiger charge is 2.30. The Morgan fingerprint density at radius 3 is 2.44 bits per heavy atom. The third kappa shape index (κ3) is 6.35. The van der Waals surface area contributed by atoms with Crippen LogP contribution in [-0.2, 0) is 22.6 Å². The van der Waals surface area contributed by atoms with E-state index in [0.717, 1.165) is 42.4 Å². The molecular formula is C27H35ClN2O2. The molecule has 0 aliphatic heterocycles. The molecule has 1 aliphatic rings. The van der Waals surface area contributed by atoms with Crippen molar-refractivity contribution in [2.75, 3.05) is 0 Å². The van der Waals surface area contributed by atoms with E-state index in [1.54, 1.807) is 4.90 Å². The molecule has 5 heteroatoms. The van der Waals surface area contributed by atoms with Crippen LogP contribution in [0.15, 0.2) is 42.5 Å². The molecule has 1 aliphatic carbocycles. The van der Waals surface area contributed by atoms with Crippen LogP contribution < -0.4 is 5.32 Å². The van der Waals surface area contributed by atoms with Gasteiger partial charge in [0.2, 0.25) is 11.8 Å². The molecule has 0 aromatic heterocycles. The van der Waals surface area contributed by atoms with Gasteiger partial charge in [-0.05, 0) is 61.4 Å². The van der Waals surface area contributed by atoms with Crippen LogP contribution in [0, 0.1) is 13.8 Å². The van der Waals surface area contributed by atoms with Gasteiger partial charge in [0.1, 0.15) is 6.04 Å². The Hall–Kier alpha value is -2.33. The number of hydrogen-bond acceptors (Lipinski definition) is 2. The molecular weight excluding hydrogens is 420 g/mol. The van der Waals surface area contributed by atoms with Crippen molar-refractivity contribution in [3.63, 3.8) is 0 Å². The summed E-state index contributed by atoms with van der Waals surface area (Å²) in [6.07, 6.45) is 6.39. The van der Waals surface area contributed by atoms with Gasteiger partial charge in [-0.3, -0.25) is 9.59 Å². The van der Waals surface area contributed by atoms with E-state index < -0.39 is 6.04 Å². The molecule has 0 spiro atoms. The summed E-state index contributed by atoms with van der Waals surface area (Å²) in [5.74, 6) is -0.112. The lowest BCUT2D eigenvalue weighted by molar-refractivity contribution is -0.141. The molecule has 1 atom stereocenters. The van der Waals surface area contributed by atoms with Crippen molar-refractivity contribution < 1.29 is 9.59 Å². The van der Waals surface area contributed by atoms with E-state index in [4.69, 9.17) is 11.6 Å². The average Bonchev–Trinajstić information content (AvgIpc) is 2.78. The second-order valence-corrected chi connectivity index (χ2v) is 9.38. The Balaban J connectivity index is 1.83. The lowest BCUT2D eigenvalue weighted by Crippen LogP contribution is -2.52. The van der Waals surface area contributed by atoms with Gasteiger partial charge in [0.05, 0.1) is 6.42 Å². The first-order valence-corrected chi connectivity index (χ1v) is 12.2. The maximum absolute atomic E-state index is 13.5. The number of amides is 2. The van der Waals surface area contributed by atoms with Crippen molar-refractivity contribution in [2.24, 2.45) is 0 Å². The number of nitrogens with zero attached hydrogens (tertiary/aromatic N) is 1. The van der Waals surface area contributed by atoms with Crippen LogP contribution in [0.2, 0.25) is 5.02 Å². The number of hydrogen-bond donors (Lipinski definition) is 1. The van der Waals surface area contributed by atoms with Gasteiger partial charge >= 0.3 is 0 Å². The van der Waals surface area contributed by atoms with E-state index >= 15 is 0 Å². The maximum atomic E-state index is 13.5. The van der Waals surface area contributed by atoms with Crippen LogP contribution in [0.25, 0.3) is 0 Å². The van der Waals surface area contributed by atoms with Gasteiger partial charge in [-0.2, -0.15) is 0 Å². The number of rotatable bonds is 8. The summed E-state index contributed by atoms with van der Waals surface area (Å²) < 4.78 is 0. The van der Waals surface area contributed by atoms with Crippen LogP contribution >= 0.6 is 11.6 Å². The van der Waals surface area contributed by atoms with E-state index in [-0.39, 0.29) is 24.3 Å². The van der Waals surface area contributed by atoms with E-state index in [1.165, 1.54) is 12.0 Å². The Morgan fingerprint density at radius 1 is 1.06 bits per heavy atom. The predicted molar refractivity (Wildman–Crippen MR) is 131 cm³/mol. The first-order valence-electron chi connectivity index (χ1n) is 11.8. The zero-order valence-corrected chi connectivity index (χ0v) is 20.3. The zero-order valence-electron chi connectivity index (χ0n) is 19.5. The number of carbonyl (C=O) groups excluding carboxylic acids is 2. The topological polar surface area (TPSA) is 49.4 Å². The molecule has 2 amide bonds. The van der Waals surface area contributed by atoms with Gasteiger partial charge in [0.15, 0.2) is 0 Å². The molecule has 2 aromatic rings. The van der Waals surface area contributed by atoms with Crippen molar-refractivity contribution in [3.8, 4) is 0 Å². The smallest absolute Gasteiger partial charge is 0.243 e. The second-order valence-electron chi connectivity index (χ2n) is 8.98. The molecule has 3 rings (SSSR count). The van der Waals surface area contributed by atoms with Crippen molar-refractivity contribution in [1.82, 2.24) is 10.2 Å². The lowest BCUT2D eigenvalue weighted by Gasteiger charge is -2.33. The fourth-order valence-corrected chi connectivity index (χ4v) is 4.66. The minimum absolute atomic E-state index is 0.0557. The first-order chi connectivity index (χ1) is 15.4. The molecule has 0 saturated heterocycles. The molecule has 1 fully saturated rings. The van der Waals surface area contributed by atoms with Gasteiger partial charge in [-0.15, -0.1) is 0 Å². The summed E-state index contributed by atoms with van der Waals surface area (Å²) >= 11 is 6.42. The summed E-state index contributed by atoms with van der Waals surface area (Å²) in [7, 11) is 0. The largest absolute Gasteiger partial charge is 0.352 e. The summed E-state index contributed by atoms with van der Waals surface area (Å²) in [6, 6.07) is 13.3. The molecule has 2 aromatic carbocycles. The van der Waals surface area contributed by atoms with E-state index in [2.05, 4.69) is 25.2 Å². The Bertz CT molecular complexity index is 937. The van der Waals surface area contributed by atoms with E-state index in [0.29, 0.717) is 18.0 Å². The summed E-state index contributed by atoms with van der Waals surface area (Å²) in [4.78, 5) is 28.5. The summed E-state index contributed by atoms with van der Waals surface area (Å²) in [6.45, 7) is 6.40. The van der Waals surface area contributed by atoms with Gasteiger partial charge in [0.25, 0.3) is 0 Å². The Kier molecular flexibility index (Phi) is 8.75. The van der Waals surface area contributed by atoms with Gasteiger partial charge in [-0.1, -0.05) is 74.2 Å². The quantitative estimate of drug-likeness (QED) is 0.551. The third-order valence-electron chi connectivity index (χ3n) is 6.56. The molecule has 0 radical (unpaired) electrons. The molecule has 1 N–H and O–H groups in total. The van der Waals surface area contributed by atoms with Crippen molar-refractivity contribution in [2.45, 2.75) is 84.3 Å². The first kappa shape index (κ1) is 24.3. The fourth-order valence-electron chi connectivity index (χ4n) is 4.46. The fraction of sp³-hybridized carbons (Fsp3) is 0.481. The summed E-state index contributed by atoms with van der Waals surface area (Å²) in [5.41, 5.74) is 4.18. The molecule has 1 saturated carbocycles. The van der Waals surface area contributed by atoms with Crippen LogP contribution in [-0.4, -0.2) is 28.8 Å². The molecule has 32 heavy (non-hydrogen) atoms. The van der Waals surface area contributed by atoms with Gasteiger partial charge < -0.3 is 10.2 Å². The van der Waals surface area contributed by atoms with E-state index in [9.17, 15) is 9.59 Å². The van der Waals surface area contributed by atoms with Gasteiger partial charge in [-0.25, -0.2) is 0 Å². The number of carbonyl (C=O) groups is 2. The second kappa shape index (κ2) is 11.5. The standard InChI is InChI=1S/C27H35ClN2O2/c1-4-25(27(32)29-23-11-6-5-7-12-23)30(18-22-10-8-9-13-24(22)28)26(31)17-21-15-14-19(2)20(3)16-21/h8-10,13-16,23,25H,4-7,11-12,17-18H2,1-3H3,(H,29,32)/t25-/m1/s1. The van der Waals surface area contributed by atoms with E-state index in [1.807, 2.05) is 43.3 Å². The number of aryl methyl sites for hydroxylation is 2. The zero-order chi connectivity index (χ0) is 23.1. The maximum Gasteiger partial charge on any atom is 0.243 e. The Labute approximate surface area is 197 Å². The normalized spacial score (nSPS) is 15.2. The highest BCUT2D eigenvalue weighted by molar-refractivity contribution is 6.31. The minimum Gasteiger partial charge on any atom is -0.352 e. The highest BCUT2D eigenvalue weighted by Crippen LogP contribution is 2.22. The predicted octanol–water partition coefficient (Wildman–Crippen LogP) is 5.76. The molecule has 0 bridgehead atoms. The van der Waals surface area contributed by atoms with Crippen molar-refractivity contribution in [3.05, 3.63) is 69.7 Å². The monoisotopic (exact) mass is 454 g/mol. The lowest BCUT2D eigenvalue weighted by atomic mass is 9.95. The van der Waals surface area contributed by atoms with Crippen LogP contribution in [0.3, 0.4) is 0 Å². The SMILES string of the molecule is CC[C@H](C(=O)NC1CCCCC1)N(Cc1ccccc1Cl)C(=O)Cc1ccc(C)c(C)c1. The number of benzene rings is 2. The third-order valence-corrected chi connectivity index (χ3v) is 6.93. The molecule has 4 nitrogen and oxygen atoms in total. The average molecular weight is 455 g/mol. The molecule has 0 heterocycles. The van der Waals surface area contributed by atoms with Crippen LogP contribution in [0.5, 0.6) is 0 Å². The Morgan fingerprint density at radius 2 is 1.78 bits per heavy atom.